The zero-order valence-electron chi connectivity index (χ0n) is 20.8. The van der Waals surface area contributed by atoms with E-state index in [2.05, 4.69) is 26.3 Å². The van der Waals surface area contributed by atoms with Crippen molar-refractivity contribution in [3.63, 3.8) is 0 Å². The number of rotatable bonds is 16. The van der Waals surface area contributed by atoms with Gasteiger partial charge in [0, 0.05) is 6.42 Å². The standard InChI is InChI=1S/C27H50N2O.BrH/c1-4-5-6-7-8-9-10-11-12-13-14-29(2,3)26(28-22-30)21-27-18-23-15-24(19-27)17-25(16-23)20-27;/h22-26H,4-21H2,1-3H3;1H. The quantitative estimate of drug-likeness (QED) is 0.149. The van der Waals surface area contributed by atoms with Crippen LogP contribution in [0.1, 0.15) is 116 Å². The van der Waals surface area contributed by atoms with E-state index in [4.69, 9.17) is 0 Å². The van der Waals surface area contributed by atoms with Crippen LogP contribution in [0.15, 0.2) is 0 Å². The summed E-state index contributed by atoms with van der Waals surface area (Å²) in [6.45, 7) is 3.48. The summed E-state index contributed by atoms with van der Waals surface area (Å²) in [6.07, 6.45) is 25.2. The van der Waals surface area contributed by atoms with E-state index >= 15 is 0 Å². The van der Waals surface area contributed by atoms with Crippen molar-refractivity contribution >= 4 is 6.41 Å². The van der Waals surface area contributed by atoms with Crippen LogP contribution in [-0.2, 0) is 4.79 Å². The molecule has 1 amide bonds. The molecule has 0 aromatic carbocycles. The van der Waals surface area contributed by atoms with Crippen LogP contribution < -0.4 is 22.3 Å². The number of nitrogens with one attached hydrogen (secondary N) is 1. The van der Waals surface area contributed by atoms with Gasteiger partial charge in [0.05, 0.1) is 20.6 Å². The minimum absolute atomic E-state index is 0. The molecule has 0 saturated heterocycles. The molecule has 182 valence electrons. The van der Waals surface area contributed by atoms with E-state index in [9.17, 15) is 4.79 Å². The van der Waals surface area contributed by atoms with Crippen LogP contribution in [0.3, 0.4) is 0 Å². The zero-order valence-corrected chi connectivity index (χ0v) is 22.4. The molecule has 0 aromatic rings. The lowest BCUT2D eigenvalue weighted by atomic mass is 9.48. The highest BCUT2D eigenvalue weighted by molar-refractivity contribution is 5.46. The van der Waals surface area contributed by atoms with Crippen molar-refractivity contribution in [2.45, 2.75) is 122 Å². The van der Waals surface area contributed by atoms with E-state index in [1.807, 2.05) is 0 Å². The van der Waals surface area contributed by atoms with Crippen molar-refractivity contribution in [2.24, 2.45) is 23.2 Å². The lowest BCUT2D eigenvalue weighted by Crippen LogP contribution is -3.00. The van der Waals surface area contributed by atoms with Crippen LogP contribution in [0, 0.1) is 23.2 Å². The number of hydrogen-bond acceptors (Lipinski definition) is 1. The van der Waals surface area contributed by atoms with E-state index < -0.39 is 0 Å². The molecule has 4 rings (SSSR count). The number of unbranched alkanes of at least 4 members (excludes halogenated alkanes) is 9. The average molecular weight is 500 g/mol. The Balaban J connectivity index is 0.00000341. The van der Waals surface area contributed by atoms with Gasteiger partial charge in [0.25, 0.3) is 0 Å². The second kappa shape index (κ2) is 13.0. The summed E-state index contributed by atoms with van der Waals surface area (Å²) in [4.78, 5) is 11.5. The molecule has 1 N–H and O–H groups in total. The number of quaternary nitrogens is 1. The van der Waals surface area contributed by atoms with Gasteiger partial charge < -0.3 is 26.8 Å². The first-order valence-electron chi connectivity index (χ1n) is 13.5. The van der Waals surface area contributed by atoms with Gasteiger partial charge >= 0.3 is 0 Å². The second-order valence-electron chi connectivity index (χ2n) is 12.1. The fourth-order valence-electron chi connectivity index (χ4n) is 7.70. The maximum atomic E-state index is 11.5. The van der Waals surface area contributed by atoms with E-state index in [1.165, 1.54) is 116 Å². The smallest absolute Gasteiger partial charge is 0.211 e. The maximum Gasteiger partial charge on any atom is 0.211 e. The fraction of sp³-hybridized carbons (Fsp3) is 0.963. The lowest BCUT2D eigenvalue weighted by Gasteiger charge is -2.58. The maximum absolute atomic E-state index is 11.5. The summed E-state index contributed by atoms with van der Waals surface area (Å²) < 4.78 is 0.956. The van der Waals surface area contributed by atoms with Crippen LogP contribution in [-0.4, -0.2) is 37.7 Å². The molecule has 31 heavy (non-hydrogen) atoms. The molecule has 4 fully saturated rings. The van der Waals surface area contributed by atoms with Crippen molar-refractivity contribution in [3.8, 4) is 0 Å². The van der Waals surface area contributed by atoms with Crippen molar-refractivity contribution in [1.82, 2.24) is 5.32 Å². The van der Waals surface area contributed by atoms with Gasteiger partial charge in [0.2, 0.25) is 6.41 Å². The Morgan fingerprint density at radius 2 is 1.29 bits per heavy atom. The van der Waals surface area contributed by atoms with Crippen LogP contribution in [0.2, 0.25) is 0 Å². The first-order valence-corrected chi connectivity index (χ1v) is 13.5. The summed E-state index contributed by atoms with van der Waals surface area (Å²) in [6, 6.07) is 0. The average Bonchev–Trinajstić information content (AvgIpc) is 2.68. The molecule has 3 nitrogen and oxygen atoms in total. The molecule has 4 heteroatoms. The topological polar surface area (TPSA) is 29.1 Å². The van der Waals surface area contributed by atoms with Gasteiger partial charge in [-0.15, -0.1) is 0 Å². The Morgan fingerprint density at radius 3 is 1.74 bits per heavy atom. The minimum atomic E-state index is 0. The van der Waals surface area contributed by atoms with Crippen LogP contribution >= 0.6 is 0 Å². The first-order chi connectivity index (χ1) is 14.5. The molecular formula is C27H51BrN2O. The SMILES string of the molecule is CCCCCCCCCCCC[N+](C)(C)C(CC12CC3CC(CC(C3)C1)C2)NC=O.[Br-]. The summed E-state index contributed by atoms with van der Waals surface area (Å²) in [5.74, 6) is 2.97. The molecule has 4 aliphatic carbocycles. The van der Waals surface area contributed by atoms with E-state index in [1.54, 1.807) is 0 Å². The summed E-state index contributed by atoms with van der Waals surface area (Å²) in [7, 11) is 4.71. The van der Waals surface area contributed by atoms with Gasteiger partial charge in [-0.05, 0) is 74.5 Å². The molecule has 0 radical (unpaired) electrons. The highest BCUT2D eigenvalue weighted by atomic mass is 79.9. The van der Waals surface area contributed by atoms with Crippen LogP contribution in [0.4, 0.5) is 0 Å². The van der Waals surface area contributed by atoms with E-state index in [-0.39, 0.29) is 23.1 Å². The summed E-state index contributed by atoms with van der Waals surface area (Å²) in [5, 5.41) is 3.28. The molecule has 4 bridgehead atoms. The van der Waals surface area contributed by atoms with Crippen LogP contribution in [0.5, 0.6) is 0 Å². The molecule has 4 saturated carbocycles. The Hall–Kier alpha value is -0.0900. The fourth-order valence-corrected chi connectivity index (χ4v) is 7.70. The molecule has 1 unspecified atom stereocenters. The Labute approximate surface area is 203 Å². The third-order valence-electron chi connectivity index (χ3n) is 8.98. The van der Waals surface area contributed by atoms with E-state index in [0.29, 0.717) is 5.41 Å². The number of carbonyl (C=O) groups is 1. The van der Waals surface area contributed by atoms with Crippen LogP contribution in [0.25, 0.3) is 0 Å². The first kappa shape index (κ1) is 27.2. The third kappa shape index (κ3) is 8.02. The van der Waals surface area contributed by atoms with Crippen molar-refractivity contribution in [1.29, 1.82) is 0 Å². The predicted octanol–water partition coefficient (Wildman–Crippen LogP) is 3.67. The van der Waals surface area contributed by atoms with Gasteiger partial charge in [-0.1, -0.05) is 58.3 Å². The number of nitrogens with zero attached hydrogens (tertiary/aromatic N) is 1. The number of hydrogen-bond donors (Lipinski definition) is 1. The van der Waals surface area contributed by atoms with Crippen molar-refractivity contribution < 1.29 is 26.3 Å². The highest BCUT2D eigenvalue weighted by Crippen LogP contribution is 2.61. The van der Waals surface area contributed by atoms with Crippen molar-refractivity contribution in [2.75, 3.05) is 20.6 Å². The second-order valence-corrected chi connectivity index (χ2v) is 12.1. The summed E-state index contributed by atoms with van der Waals surface area (Å²) in [5.41, 5.74) is 0.530. The molecule has 0 aromatic heterocycles. The molecule has 0 heterocycles. The minimum Gasteiger partial charge on any atom is -1.00 e. The molecule has 0 aliphatic heterocycles. The molecule has 0 spiro atoms. The third-order valence-corrected chi connectivity index (χ3v) is 8.98. The number of amides is 1. The van der Waals surface area contributed by atoms with Gasteiger partial charge in [-0.3, -0.25) is 4.79 Å². The molecule has 1 atom stereocenters. The molecular weight excluding hydrogens is 448 g/mol. The van der Waals surface area contributed by atoms with Gasteiger partial charge in [-0.25, -0.2) is 0 Å². The van der Waals surface area contributed by atoms with Gasteiger partial charge in [0.15, 0.2) is 6.17 Å². The Morgan fingerprint density at radius 1 is 0.839 bits per heavy atom. The summed E-state index contributed by atoms with van der Waals surface area (Å²) >= 11 is 0. The number of halogens is 1. The van der Waals surface area contributed by atoms with Gasteiger partial charge in [-0.2, -0.15) is 0 Å². The Kier molecular flexibility index (Phi) is 11.4. The van der Waals surface area contributed by atoms with E-state index in [0.717, 1.165) is 28.6 Å². The lowest BCUT2D eigenvalue weighted by molar-refractivity contribution is -0.918. The Bertz CT molecular complexity index is 486. The monoisotopic (exact) mass is 498 g/mol. The zero-order chi connectivity index (χ0) is 21.5. The largest absolute Gasteiger partial charge is 1.00 e. The van der Waals surface area contributed by atoms with Gasteiger partial charge in [0.1, 0.15) is 0 Å². The highest BCUT2D eigenvalue weighted by Gasteiger charge is 2.52. The number of carbonyl (C=O) groups excluding carboxylic acids is 1. The normalized spacial score (nSPS) is 30.1. The molecule has 4 aliphatic rings. The van der Waals surface area contributed by atoms with Crippen molar-refractivity contribution in [3.05, 3.63) is 0 Å². The predicted molar refractivity (Wildman–Crippen MR) is 127 cm³/mol.